The number of rotatable bonds is 9. The topological polar surface area (TPSA) is 102 Å². The Balaban J connectivity index is 1.37. The number of carbonyl (C=O) groups excluding carboxylic acids is 2. The van der Waals surface area contributed by atoms with E-state index in [1.807, 2.05) is 48.5 Å². The second kappa shape index (κ2) is 11.2. The van der Waals surface area contributed by atoms with Crippen molar-refractivity contribution < 1.29 is 9.59 Å². The lowest BCUT2D eigenvalue weighted by atomic mass is 9.98. The fourth-order valence-corrected chi connectivity index (χ4v) is 4.05. The van der Waals surface area contributed by atoms with Crippen LogP contribution in [0.2, 0.25) is 0 Å². The average molecular weight is 473 g/mol. The van der Waals surface area contributed by atoms with Crippen molar-refractivity contribution >= 4 is 29.3 Å². The number of aromatic nitrogens is 4. The van der Waals surface area contributed by atoms with E-state index in [9.17, 15) is 9.59 Å². The lowest BCUT2D eigenvalue weighted by Gasteiger charge is -2.20. The fraction of sp³-hybridized carbons (Fsp3) is 0.160. The number of hydrogen-bond acceptors (Lipinski definition) is 6. The molecule has 3 aromatic carbocycles. The van der Waals surface area contributed by atoms with Crippen LogP contribution in [0.4, 0.5) is 5.69 Å². The summed E-state index contributed by atoms with van der Waals surface area (Å²) < 4.78 is 1.51. The average Bonchev–Trinajstić information content (AvgIpc) is 3.28. The van der Waals surface area contributed by atoms with Gasteiger partial charge in [-0.3, -0.25) is 9.59 Å². The fourth-order valence-electron chi connectivity index (χ4n) is 3.40. The zero-order valence-electron chi connectivity index (χ0n) is 18.6. The molecule has 0 saturated heterocycles. The molecule has 4 aromatic rings. The minimum Gasteiger partial charge on any atom is -0.345 e. The van der Waals surface area contributed by atoms with Crippen molar-refractivity contribution in [3.05, 3.63) is 102 Å². The van der Waals surface area contributed by atoms with E-state index in [-0.39, 0.29) is 23.6 Å². The maximum atomic E-state index is 13.0. The highest BCUT2D eigenvalue weighted by atomic mass is 32.2. The number of benzene rings is 3. The lowest BCUT2D eigenvalue weighted by molar-refractivity contribution is -0.113. The molecule has 2 N–H and O–H groups in total. The predicted molar refractivity (Wildman–Crippen MR) is 131 cm³/mol. The van der Waals surface area contributed by atoms with Crippen LogP contribution >= 0.6 is 11.8 Å². The van der Waals surface area contributed by atoms with E-state index < -0.39 is 0 Å². The number of carbonyl (C=O) groups is 2. The third kappa shape index (κ3) is 6.29. The van der Waals surface area contributed by atoms with Gasteiger partial charge >= 0.3 is 0 Å². The molecule has 4 rings (SSSR count). The lowest BCUT2D eigenvalue weighted by Crippen LogP contribution is -2.30. The summed E-state index contributed by atoms with van der Waals surface area (Å²) in [5, 5.41) is 17.6. The van der Waals surface area contributed by atoms with Crippen molar-refractivity contribution in [2.75, 3.05) is 11.1 Å². The number of nitrogens with zero attached hydrogens (tertiary/aromatic N) is 4. The predicted octanol–water partition coefficient (Wildman–Crippen LogP) is 3.65. The van der Waals surface area contributed by atoms with Gasteiger partial charge in [0.15, 0.2) is 0 Å². The van der Waals surface area contributed by atoms with E-state index in [1.165, 1.54) is 16.4 Å². The van der Waals surface area contributed by atoms with Gasteiger partial charge in [-0.2, -0.15) is 0 Å². The first-order chi connectivity index (χ1) is 16.6. The Labute approximate surface area is 201 Å². The molecule has 0 aliphatic carbocycles. The van der Waals surface area contributed by atoms with Gasteiger partial charge in [0.25, 0.3) is 5.91 Å². The molecule has 1 aromatic heterocycles. The monoisotopic (exact) mass is 472 g/mol. The van der Waals surface area contributed by atoms with E-state index >= 15 is 0 Å². The Bertz CT molecular complexity index is 1230. The number of tetrazole rings is 1. The molecule has 34 heavy (non-hydrogen) atoms. The molecular formula is C25H24N6O2S. The molecule has 0 bridgehead atoms. The number of hydrogen-bond donors (Lipinski definition) is 2. The van der Waals surface area contributed by atoms with Crippen molar-refractivity contribution in [2.24, 2.45) is 7.05 Å². The summed E-state index contributed by atoms with van der Waals surface area (Å²) >= 11 is 1.25. The van der Waals surface area contributed by atoms with Crippen molar-refractivity contribution in [1.82, 2.24) is 25.5 Å². The largest absolute Gasteiger partial charge is 0.345 e. The van der Waals surface area contributed by atoms with Crippen LogP contribution in [-0.2, 0) is 18.3 Å². The van der Waals surface area contributed by atoms with Crippen LogP contribution in [0.1, 0.15) is 27.5 Å². The van der Waals surface area contributed by atoms with Crippen LogP contribution in [0.25, 0.3) is 0 Å². The molecule has 1 atom stereocenters. The number of aryl methyl sites for hydroxylation is 1. The third-order valence-electron chi connectivity index (χ3n) is 5.13. The summed E-state index contributed by atoms with van der Waals surface area (Å²) in [5.74, 6) is -0.181. The third-order valence-corrected chi connectivity index (χ3v) is 6.14. The van der Waals surface area contributed by atoms with Crippen LogP contribution in [0.5, 0.6) is 0 Å². The molecule has 0 aliphatic heterocycles. The van der Waals surface area contributed by atoms with Gasteiger partial charge in [-0.05, 0) is 52.2 Å². The summed E-state index contributed by atoms with van der Waals surface area (Å²) in [6.45, 7) is 0. The quantitative estimate of drug-likeness (QED) is 0.361. The normalized spacial score (nSPS) is 11.6. The van der Waals surface area contributed by atoms with Crippen LogP contribution in [-0.4, -0.2) is 37.8 Å². The second-order valence-electron chi connectivity index (χ2n) is 7.63. The summed E-state index contributed by atoms with van der Waals surface area (Å²) in [5.41, 5.74) is 3.32. The molecule has 0 fully saturated rings. The van der Waals surface area contributed by atoms with E-state index in [1.54, 1.807) is 31.3 Å². The summed E-state index contributed by atoms with van der Waals surface area (Å²) in [6, 6.07) is 26.7. The zero-order chi connectivity index (χ0) is 23.8. The minimum absolute atomic E-state index is 0.164. The van der Waals surface area contributed by atoms with E-state index in [0.29, 0.717) is 22.8 Å². The molecule has 9 heteroatoms. The number of amides is 2. The highest BCUT2D eigenvalue weighted by Gasteiger charge is 2.17. The summed E-state index contributed by atoms with van der Waals surface area (Å²) in [4.78, 5) is 25.2. The highest BCUT2D eigenvalue weighted by Crippen LogP contribution is 2.20. The van der Waals surface area contributed by atoms with Gasteiger partial charge in [-0.25, -0.2) is 4.68 Å². The maximum absolute atomic E-state index is 13.0. The van der Waals surface area contributed by atoms with Crippen molar-refractivity contribution in [1.29, 1.82) is 0 Å². The van der Waals surface area contributed by atoms with E-state index in [2.05, 4.69) is 38.3 Å². The molecule has 0 radical (unpaired) electrons. The van der Waals surface area contributed by atoms with Gasteiger partial charge in [0, 0.05) is 18.3 Å². The van der Waals surface area contributed by atoms with E-state index in [4.69, 9.17) is 0 Å². The van der Waals surface area contributed by atoms with Crippen LogP contribution in [0.15, 0.2) is 90.1 Å². The molecule has 0 spiro atoms. The molecular weight excluding hydrogens is 448 g/mol. The molecule has 0 aliphatic rings. The molecule has 172 valence electrons. The van der Waals surface area contributed by atoms with Gasteiger partial charge in [0.2, 0.25) is 11.1 Å². The van der Waals surface area contributed by atoms with Crippen molar-refractivity contribution in [3.8, 4) is 0 Å². The zero-order valence-corrected chi connectivity index (χ0v) is 19.4. The van der Waals surface area contributed by atoms with Gasteiger partial charge in [0.1, 0.15) is 0 Å². The first-order valence-electron chi connectivity index (χ1n) is 10.7. The van der Waals surface area contributed by atoms with Gasteiger partial charge in [0.05, 0.1) is 11.8 Å². The Morgan fingerprint density at radius 3 is 2.26 bits per heavy atom. The second-order valence-corrected chi connectivity index (χ2v) is 8.57. The van der Waals surface area contributed by atoms with Gasteiger partial charge < -0.3 is 10.6 Å². The number of thioether (sulfide) groups is 1. The molecule has 0 unspecified atom stereocenters. The van der Waals surface area contributed by atoms with Crippen LogP contribution in [0, 0.1) is 0 Å². The summed E-state index contributed by atoms with van der Waals surface area (Å²) in [7, 11) is 1.71. The Morgan fingerprint density at radius 2 is 1.62 bits per heavy atom. The first kappa shape index (κ1) is 23.2. The van der Waals surface area contributed by atoms with Crippen molar-refractivity contribution in [2.45, 2.75) is 17.6 Å². The van der Waals surface area contributed by atoms with Gasteiger partial charge in [-0.1, -0.05) is 72.4 Å². The van der Waals surface area contributed by atoms with Gasteiger partial charge in [-0.15, -0.1) is 5.10 Å². The summed E-state index contributed by atoms with van der Waals surface area (Å²) in [6.07, 6.45) is 0.684. The molecule has 0 saturated carbocycles. The van der Waals surface area contributed by atoms with E-state index in [0.717, 1.165) is 11.1 Å². The molecule has 2 amide bonds. The minimum atomic E-state index is -0.183. The standard InChI is InChI=1S/C25H24N6O2S/c1-31-25(28-29-30-31)34-17-23(32)26-21-14-12-20(13-15-21)24(33)27-22(19-10-6-3-7-11-19)16-18-8-4-2-5-9-18/h2-15,22H,16-17H2,1H3,(H,26,32)(H,27,33)/t22-/m0/s1. The maximum Gasteiger partial charge on any atom is 0.251 e. The first-order valence-corrected chi connectivity index (χ1v) is 11.7. The Hall–Kier alpha value is -3.98. The molecule has 8 nitrogen and oxygen atoms in total. The van der Waals surface area contributed by atoms with Crippen LogP contribution < -0.4 is 10.6 Å². The Kier molecular flexibility index (Phi) is 7.67. The SMILES string of the molecule is Cn1nnnc1SCC(=O)Nc1ccc(C(=O)N[C@@H](Cc2ccccc2)c2ccccc2)cc1. The molecule has 1 heterocycles. The smallest absolute Gasteiger partial charge is 0.251 e. The highest BCUT2D eigenvalue weighted by molar-refractivity contribution is 7.99. The number of anilines is 1. The van der Waals surface area contributed by atoms with Crippen LogP contribution in [0.3, 0.4) is 0 Å². The Morgan fingerprint density at radius 1 is 0.941 bits per heavy atom. The van der Waals surface area contributed by atoms with Crippen molar-refractivity contribution in [3.63, 3.8) is 0 Å². The number of nitrogens with one attached hydrogen (secondary N) is 2.